The van der Waals surface area contributed by atoms with Crippen molar-refractivity contribution in [3.05, 3.63) is 69.1 Å². The van der Waals surface area contributed by atoms with Gasteiger partial charge in [-0.05, 0) is 66.2 Å². The molecule has 0 aliphatic heterocycles. The second-order valence-corrected chi connectivity index (χ2v) is 5.20. The van der Waals surface area contributed by atoms with Crippen molar-refractivity contribution in [2.24, 2.45) is 10.9 Å². The van der Waals surface area contributed by atoms with Crippen LogP contribution in [0.5, 0.6) is 0 Å². The van der Waals surface area contributed by atoms with Gasteiger partial charge in [-0.15, -0.1) is 4.91 Å². The summed E-state index contributed by atoms with van der Waals surface area (Å²) in [6.07, 6.45) is 1.78. The van der Waals surface area contributed by atoms with Gasteiger partial charge in [-0.2, -0.15) is 0 Å². The maximum absolute atomic E-state index is 10.8. The molecule has 0 aliphatic carbocycles. The van der Waals surface area contributed by atoms with Crippen molar-refractivity contribution in [3.63, 3.8) is 0 Å². The summed E-state index contributed by atoms with van der Waals surface area (Å²) in [5.41, 5.74) is 11.7. The Morgan fingerprint density at radius 3 is 2.00 bits per heavy atom. The Morgan fingerprint density at radius 2 is 1.50 bits per heavy atom. The predicted octanol–water partition coefficient (Wildman–Crippen LogP) is 3.79. The fourth-order valence-electron chi connectivity index (χ4n) is 2.52. The highest BCUT2D eigenvalue weighted by atomic mass is 16.3. The van der Waals surface area contributed by atoms with Crippen molar-refractivity contribution in [3.8, 4) is 0 Å². The molecular formula is C17H20N2O. The molecule has 0 unspecified atom stereocenters. The smallest absolute Gasteiger partial charge is 0.113 e. The quantitative estimate of drug-likeness (QED) is 0.839. The van der Waals surface area contributed by atoms with Gasteiger partial charge in [-0.1, -0.05) is 36.4 Å². The molecule has 0 spiro atoms. The maximum Gasteiger partial charge on any atom is 0.113 e. The topological polar surface area (TPSA) is 55.4 Å². The third kappa shape index (κ3) is 3.31. The largest absolute Gasteiger partial charge is 0.330 e. The molecule has 2 rings (SSSR count). The fourth-order valence-corrected chi connectivity index (χ4v) is 2.52. The van der Waals surface area contributed by atoms with Crippen molar-refractivity contribution >= 4 is 5.69 Å². The SMILES string of the molecule is Cc1cc(Cc2ccc(CCN)cc2)cc(C)c1N=O. The summed E-state index contributed by atoms with van der Waals surface area (Å²) in [7, 11) is 0. The van der Waals surface area contributed by atoms with Crippen LogP contribution < -0.4 is 5.73 Å². The normalized spacial score (nSPS) is 10.6. The molecule has 0 amide bonds. The molecule has 0 saturated carbocycles. The molecule has 0 heterocycles. The number of nitrogens with zero attached hydrogens (tertiary/aromatic N) is 1. The van der Waals surface area contributed by atoms with Crippen molar-refractivity contribution in [1.82, 2.24) is 0 Å². The van der Waals surface area contributed by atoms with Gasteiger partial charge in [0.2, 0.25) is 0 Å². The summed E-state index contributed by atoms with van der Waals surface area (Å²) in [6.45, 7) is 4.53. The molecule has 0 aromatic heterocycles. The van der Waals surface area contributed by atoms with Gasteiger partial charge in [0.15, 0.2) is 0 Å². The highest BCUT2D eigenvalue weighted by Crippen LogP contribution is 2.26. The lowest BCUT2D eigenvalue weighted by atomic mass is 9.98. The third-order valence-corrected chi connectivity index (χ3v) is 3.51. The van der Waals surface area contributed by atoms with E-state index in [1.807, 2.05) is 26.0 Å². The van der Waals surface area contributed by atoms with E-state index in [0.29, 0.717) is 12.2 Å². The molecule has 0 aliphatic rings. The average molecular weight is 268 g/mol. The lowest BCUT2D eigenvalue weighted by Gasteiger charge is -2.08. The monoisotopic (exact) mass is 268 g/mol. The molecule has 2 aromatic rings. The van der Waals surface area contributed by atoms with Crippen molar-refractivity contribution < 1.29 is 0 Å². The van der Waals surface area contributed by atoms with Crippen LogP contribution in [0.2, 0.25) is 0 Å². The van der Waals surface area contributed by atoms with Crippen LogP contribution in [0.4, 0.5) is 5.69 Å². The Bertz CT molecular complexity index is 580. The number of rotatable bonds is 5. The summed E-state index contributed by atoms with van der Waals surface area (Å²) in [4.78, 5) is 10.8. The second kappa shape index (κ2) is 6.44. The van der Waals surface area contributed by atoms with Crippen molar-refractivity contribution in [2.75, 3.05) is 6.54 Å². The number of hydrogen-bond donors (Lipinski definition) is 1. The molecule has 3 heteroatoms. The number of hydrogen-bond acceptors (Lipinski definition) is 3. The van der Waals surface area contributed by atoms with Gasteiger partial charge in [0, 0.05) is 0 Å². The van der Waals surface area contributed by atoms with Crippen LogP contribution in [0.25, 0.3) is 0 Å². The van der Waals surface area contributed by atoms with Crippen LogP contribution >= 0.6 is 0 Å². The predicted molar refractivity (Wildman–Crippen MR) is 83.4 cm³/mol. The van der Waals surface area contributed by atoms with E-state index in [9.17, 15) is 4.91 Å². The first-order valence-electron chi connectivity index (χ1n) is 6.85. The van der Waals surface area contributed by atoms with Gasteiger partial charge >= 0.3 is 0 Å². The van der Waals surface area contributed by atoms with E-state index in [2.05, 4.69) is 29.4 Å². The fraction of sp³-hybridized carbons (Fsp3) is 0.294. The van der Waals surface area contributed by atoms with Gasteiger partial charge < -0.3 is 5.73 Å². The summed E-state index contributed by atoms with van der Waals surface area (Å²) in [6, 6.07) is 12.6. The summed E-state index contributed by atoms with van der Waals surface area (Å²) in [5, 5.41) is 3.09. The second-order valence-electron chi connectivity index (χ2n) is 5.20. The van der Waals surface area contributed by atoms with Crippen LogP contribution in [0.3, 0.4) is 0 Å². The highest BCUT2D eigenvalue weighted by molar-refractivity contribution is 5.54. The molecule has 0 bridgehead atoms. The Hall–Kier alpha value is -2.00. The minimum Gasteiger partial charge on any atom is -0.330 e. The number of aryl methyl sites for hydroxylation is 2. The molecule has 0 radical (unpaired) electrons. The molecule has 2 N–H and O–H groups in total. The molecular weight excluding hydrogens is 248 g/mol. The zero-order chi connectivity index (χ0) is 14.5. The van der Waals surface area contributed by atoms with Gasteiger partial charge in [-0.25, -0.2) is 0 Å². The van der Waals surface area contributed by atoms with Crippen LogP contribution in [0.15, 0.2) is 41.6 Å². The first kappa shape index (κ1) is 14.4. The zero-order valence-corrected chi connectivity index (χ0v) is 12.0. The van der Waals surface area contributed by atoms with Crippen LogP contribution in [0, 0.1) is 18.8 Å². The summed E-state index contributed by atoms with van der Waals surface area (Å²) >= 11 is 0. The average Bonchev–Trinajstić information content (AvgIpc) is 2.41. The Labute approximate surface area is 119 Å². The van der Waals surface area contributed by atoms with Gasteiger partial charge in [0.25, 0.3) is 0 Å². The van der Waals surface area contributed by atoms with Crippen LogP contribution in [0.1, 0.15) is 27.8 Å². The minimum absolute atomic E-state index is 0.562. The molecule has 0 fully saturated rings. The first-order chi connectivity index (χ1) is 9.63. The van der Waals surface area contributed by atoms with Crippen molar-refractivity contribution in [2.45, 2.75) is 26.7 Å². The minimum atomic E-state index is 0.562. The Balaban J connectivity index is 2.19. The van der Waals surface area contributed by atoms with E-state index in [1.165, 1.54) is 16.7 Å². The van der Waals surface area contributed by atoms with Crippen LogP contribution in [-0.4, -0.2) is 6.54 Å². The van der Waals surface area contributed by atoms with E-state index in [0.717, 1.165) is 24.0 Å². The van der Waals surface area contributed by atoms with E-state index in [1.54, 1.807) is 0 Å². The van der Waals surface area contributed by atoms with E-state index in [4.69, 9.17) is 5.73 Å². The van der Waals surface area contributed by atoms with E-state index < -0.39 is 0 Å². The number of benzene rings is 2. The van der Waals surface area contributed by atoms with Gasteiger partial charge in [-0.3, -0.25) is 0 Å². The van der Waals surface area contributed by atoms with Crippen molar-refractivity contribution in [1.29, 1.82) is 0 Å². The molecule has 3 nitrogen and oxygen atoms in total. The number of nitroso groups, excluding NO2 is 1. The molecule has 0 saturated heterocycles. The summed E-state index contributed by atoms with van der Waals surface area (Å²) < 4.78 is 0. The van der Waals surface area contributed by atoms with E-state index >= 15 is 0 Å². The highest BCUT2D eigenvalue weighted by Gasteiger charge is 2.06. The molecule has 0 atom stereocenters. The van der Waals surface area contributed by atoms with E-state index in [-0.39, 0.29) is 0 Å². The standard InChI is InChI=1S/C17H20N2O/c1-12-9-16(10-13(2)17(12)19-20)11-15-5-3-14(4-6-15)7-8-18/h3-6,9-10H,7-8,11,18H2,1-2H3. The maximum atomic E-state index is 10.8. The van der Waals surface area contributed by atoms with Gasteiger partial charge in [0.05, 0.1) is 0 Å². The molecule has 2 aromatic carbocycles. The third-order valence-electron chi connectivity index (χ3n) is 3.51. The molecule has 104 valence electrons. The Morgan fingerprint density at radius 1 is 0.950 bits per heavy atom. The Kier molecular flexibility index (Phi) is 4.64. The van der Waals surface area contributed by atoms with Crippen LogP contribution in [-0.2, 0) is 12.8 Å². The lowest BCUT2D eigenvalue weighted by Crippen LogP contribution is -2.02. The first-order valence-corrected chi connectivity index (χ1v) is 6.85. The number of nitrogens with two attached hydrogens (primary N) is 1. The summed E-state index contributed by atoms with van der Waals surface area (Å²) in [5.74, 6) is 0. The lowest BCUT2D eigenvalue weighted by molar-refractivity contribution is 0.966. The molecule has 20 heavy (non-hydrogen) atoms. The zero-order valence-electron chi connectivity index (χ0n) is 12.0. The van der Waals surface area contributed by atoms with Gasteiger partial charge in [0.1, 0.15) is 5.69 Å².